The van der Waals surface area contributed by atoms with Crippen molar-refractivity contribution >= 4 is 28.9 Å². The highest BCUT2D eigenvalue weighted by Crippen LogP contribution is 2.21. The van der Waals surface area contributed by atoms with Crippen LogP contribution < -0.4 is 10.6 Å². The summed E-state index contributed by atoms with van der Waals surface area (Å²) < 4.78 is 0. The molecule has 0 bridgehead atoms. The van der Waals surface area contributed by atoms with E-state index in [4.69, 9.17) is 23.2 Å². The Morgan fingerprint density at radius 2 is 1.67 bits per heavy atom. The van der Waals surface area contributed by atoms with Gasteiger partial charge in [0.1, 0.15) is 0 Å². The third-order valence-corrected chi connectivity index (χ3v) is 2.36. The number of rotatable bonds is 6. The highest BCUT2D eigenvalue weighted by atomic mass is 35.5. The van der Waals surface area contributed by atoms with E-state index in [1.807, 2.05) is 12.1 Å². The van der Waals surface area contributed by atoms with Gasteiger partial charge in [0.2, 0.25) is 0 Å². The van der Waals surface area contributed by atoms with Crippen LogP contribution in [-0.2, 0) is 0 Å². The predicted octanol–water partition coefficient (Wildman–Crippen LogP) is 3.40. The van der Waals surface area contributed by atoms with E-state index in [-0.39, 0.29) is 0 Å². The molecule has 0 saturated heterocycles. The molecule has 0 amide bonds. The van der Waals surface area contributed by atoms with Gasteiger partial charge in [-0.05, 0) is 31.2 Å². The van der Waals surface area contributed by atoms with Crippen molar-refractivity contribution in [2.24, 2.45) is 0 Å². The zero-order chi connectivity index (χ0) is 11.1. The highest BCUT2D eigenvalue weighted by molar-refractivity contribution is 6.35. The maximum Gasteiger partial charge on any atom is 0.0441 e. The van der Waals surface area contributed by atoms with Crippen molar-refractivity contribution in [1.82, 2.24) is 5.32 Å². The molecule has 1 rings (SSSR count). The average Bonchev–Trinajstić information content (AvgIpc) is 2.16. The van der Waals surface area contributed by atoms with Crippen LogP contribution in [0.1, 0.15) is 13.3 Å². The highest BCUT2D eigenvalue weighted by Gasteiger charge is 1.96. The Hall–Kier alpha value is -0.440. The van der Waals surface area contributed by atoms with Gasteiger partial charge in [0.15, 0.2) is 0 Å². The molecule has 4 heteroatoms. The first-order valence-electron chi connectivity index (χ1n) is 5.13. The molecular formula is C11H16Cl2N2. The lowest BCUT2D eigenvalue weighted by Crippen LogP contribution is -2.22. The monoisotopic (exact) mass is 246 g/mol. The second-order valence-electron chi connectivity index (χ2n) is 3.33. The molecule has 0 aromatic heterocycles. The van der Waals surface area contributed by atoms with Crippen molar-refractivity contribution in [2.45, 2.75) is 13.3 Å². The molecule has 0 saturated carbocycles. The summed E-state index contributed by atoms with van der Waals surface area (Å²) in [6, 6.07) is 5.46. The van der Waals surface area contributed by atoms with Gasteiger partial charge in [0, 0.05) is 28.8 Å². The van der Waals surface area contributed by atoms with Crippen molar-refractivity contribution in [3.05, 3.63) is 28.2 Å². The smallest absolute Gasteiger partial charge is 0.0441 e. The molecule has 2 N–H and O–H groups in total. The van der Waals surface area contributed by atoms with E-state index >= 15 is 0 Å². The minimum absolute atomic E-state index is 0.659. The first-order chi connectivity index (χ1) is 7.22. The van der Waals surface area contributed by atoms with Crippen LogP contribution in [0.25, 0.3) is 0 Å². The molecule has 0 spiro atoms. The van der Waals surface area contributed by atoms with Gasteiger partial charge in [0.05, 0.1) is 0 Å². The topological polar surface area (TPSA) is 24.1 Å². The Morgan fingerprint density at radius 3 is 2.27 bits per heavy atom. The lowest BCUT2D eigenvalue weighted by atomic mass is 10.3. The van der Waals surface area contributed by atoms with Crippen molar-refractivity contribution in [3.8, 4) is 0 Å². The lowest BCUT2D eigenvalue weighted by Gasteiger charge is -2.08. The fourth-order valence-electron chi connectivity index (χ4n) is 1.25. The van der Waals surface area contributed by atoms with Crippen molar-refractivity contribution < 1.29 is 0 Å². The van der Waals surface area contributed by atoms with Crippen LogP contribution in [-0.4, -0.2) is 19.6 Å². The maximum absolute atomic E-state index is 5.87. The van der Waals surface area contributed by atoms with Crippen LogP contribution in [0.4, 0.5) is 5.69 Å². The van der Waals surface area contributed by atoms with E-state index in [1.165, 1.54) is 0 Å². The second kappa shape index (κ2) is 6.94. The minimum Gasteiger partial charge on any atom is -0.384 e. The van der Waals surface area contributed by atoms with Gasteiger partial charge < -0.3 is 10.6 Å². The zero-order valence-corrected chi connectivity index (χ0v) is 10.3. The first kappa shape index (κ1) is 12.6. The van der Waals surface area contributed by atoms with Crippen molar-refractivity contribution in [3.63, 3.8) is 0 Å². The summed E-state index contributed by atoms with van der Waals surface area (Å²) in [6.07, 6.45) is 1.16. The average molecular weight is 247 g/mol. The summed E-state index contributed by atoms with van der Waals surface area (Å²) >= 11 is 11.7. The summed E-state index contributed by atoms with van der Waals surface area (Å²) in [5.41, 5.74) is 0.964. The molecule has 1 aromatic rings. The van der Waals surface area contributed by atoms with E-state index in [0.717, 1.165) is 31.7 Å². The molecule has 0 fully saturated rings. The molecular weight excluding hydrogens is 231 g/mol. The number of hydrogen-bond donors (Lipinski definition) is 2. The largest absolute Gasteiger partial charge is 0.384 e. The van der Waals surface area contributed by atoms with Gasteiger partial charge in [-0.25, -0.2) is 0 Å². The second-order valence-corrected chi connectivity index (χ2v) is 4.21. The number of halogens is 2. The fourth-order valence-corrected chi connectivity index (χ4v) is 1.78. The van der Waals surface area contributed by atoms with E-state index in [1.54, 1.807) is 6.07 Å². The van der Waals surface area contributed by atoms with E-state index in [2.05, 4.69) is 17.6 Å². The SMILES string of the molecule is CCCNCCNc1cc(Cl)cc(Cl)c1. The minimum atomic E-state index is 0.659. The van der Waals surface area contributed by atoms with Crippen LogP contribution in [0.5, 0.6) is 0 Å². The molecule has 15 heavy (non-hydrogen) atoms. The summed E-state index contributed by atoms with van der Waals surface area (Å²) in [4.78, 5) is 0. The number of benzene rings is 1. The molecule has 0 aliphatic rings. The lowest BCUT2D eigenvalue weighted by molar-refractivity contribution is 0.688. The molecule has 0 radical (unpaired) electrons. The summed E-state index contributed by atoms with van der Waals surface area (Å²) in [6.45, 7) is 5.02. The molecule has 0 atom stereocenters. The predicted molar refractivity (Wildman–Crippen MR) is 68.1 cm³/mol. The maximum atomic E-state index is 5.87. The molecule has 0 aliphatic carbocycles. The van der Waals surface area contributed by atoms with Crippen LogP contribution in [0.2, 0.25) is 10.0 Å². The summed E-state index contributed by atoms with van der Waals surface area (Å²) in [5.74, 6) is 0. The summed E-state index contributed by atoms with van der Waals surface area (Å²) in [7, 11) is 0. The number of anilines is 1. The van der Waals surface area contributed by atoms with Crippen molar-refractivity contribution in [2.75, 3.05) is 25.0 Å². The third-order valence-electron chi connectivity index (χ3n) is 1.92. The van der Waals surface area contributed by atoms with E-state index in [0.29, 0.717) is 10.0 Å². The van der Waals surface area contributed by atoms with E-state index in [9.17, 15) is 0 Å². The normalized spacial score (nSPS) is 10.3. The van der Waals surface area contributed by atoms with Gasteiger partial charge >= 0.3 is 0 Å². The number of hydrogen-bond acceptors (Lipinski definition) is 2. The van der Waals surface area contributed by atoms with E-state index < -0.39 is 0 Å². The molecule has 1 aromatic carbocycles. The van der Waals surface area contributed by atoms with Crippen molar-refractivity contribution in [1.29, 1.82) is 0 Å². The Kier molecular flexibility index (Phi) is 5.84. The Morgan fingerprint density at radius 1 is 1.00 bits per heavy atom. The third kappa shape index (κ3) is 5.26. The standard InChI is InChI=1S/C11H16Cl2N2/c1-2-3-14-4-5-15-11-7-9(12)6-10(13)8-11/h6-8,14-15H,2-5H2,1H3. The quantitative estimate of drug-likeness (QED) is 0.753. The Balaban J connectivity index is 2.31. The molecule has 84 valence electrons. The van der Waals surface area contributed by atoms with Crippen LogP contribution in [0.15, 0.2) is 18.2 Å². The Bertz CT molecular complexity index is 282. The van der Waals surface area contributed by atoms with Crippen LogP contribution in [0.3, 0.4) is 0 Å². The van der Waals surface area contributed by atoms with Gasteiger partial charge in [-0.3, -0.25) is 0 Å². The van der Waals surface area contributed by atoms with Gasteiger partial charge in [-0.15, -0.1) is 0 Å². The van der Waals surface area contributed by atoms with Gasteiger partial charge in [0.25, 0.3) is 0 Å². The van der Waals surface area contributed by atoms with Gasteiger partial charge in [-0.1, -0.05) is 30.1 Å². The molecule has 0 heterocycles. The molecule has 0 unspecified atom stereocenters. The fraction of sp³-hybridized carbons (Fsp3) is 0.455. The van der Waals surface area contributed by atoms with Gasteiger partial charge in [-0.2, -0.15) is 0 Å². The number of nitrogens with one attached hydrogen (secondary N) is 2. The zero-order valence-electron chi connectivity index (χ0n) is 8.82. The summed E-state index contributed by atoms with van der Waals surface area (Å²) in [5, 5.41) is 7.88. The molecule has 0 aliphatic heterocycles. The van der Waals surface area contributed by atoms with Crippen LogP contribution in [0, 0.1) is 0 Å². The van der Waals surface area contributed by atoms with Crippen LogP contribution >= 0.6 is 23.2 Å². The first-order valence-corrected chi connectivity index (χ1v) is 5.88. The molecule has 2 nitrogen and oxygen atoms in total. The Labute approximate surface area is 101 Å².